The molecule has 108 valence electrons. The van der Waals surface area contributed by atoms with Crippen LogP contribution in [0, 0.1) is 0 Å². The van der Waals surface area contributed by atoms with Gasteiger partial charge in [0.1, 0.15) is 17.4 Å². The molecule has 1 heterocycles. The molecule has 1 aromatic carbocycles. The number of ether oxygens (including phenoxy) is 4. The predicted octanol–water partition coefficient (Wildman–Crippen LogP) is 1.22. The molecule has 1 aliphatic carbocycles. The molecule has 0 saturated heterocycles. The molecule has 2 N–H and O–H groups in total. The van der Waals surface area contributed by atoms with Gasteiger partial charge in [-0.3, -0.25) is 4.79 Å². The smallest absolute Gasteiger partial charge is 0.325 e. The van der Waals surface area contributed by atoms with Crippen LogP contribution >= 0.6 is 0 Å². The van der Waals surface area contributed by atoms with Gasteiger partial charge in [0.05, 0.1) is 7.11 Å². The topological polar surface area (TPSA) is 80.0 Å². The third-order valence-corrected chi connectivity index (χ3v) is 3.74. The normalized spacial score (nSPS) is 27.4. The zero-order chi connectivity index (χ0) is 14.2. The van der Waals surface area contributed by atoms with Crippen molar-refractivity contribution in [2.75, 3.05) is 13.9 Å². The highest BCUT2D eigenvalue weighted by Crippen LogP contribution is 2.37. The monoisotopic (exact) mass is 279 g/mol. The second-order valence-electron chi connectivity index (χ2n) is 5.15. The van der Waals surface area contributed by atoms with Crippen LogP contribution in [0.15, 0.2) is 18.2 Å². The SMILES string of the molecule is COC(=O)C1(N)CCC(Oc2ccc3c(c2)OCO3)C1. The van der Waals surface area contributed by atoms with Gasteiger partial charge in [0.15, 0.2) is 11.5 Å². The lowest BCUT2D eigenvalue weighted by molar-refractivity contribution is -0.147. The van der Waals surface area contributed by atoms with Crippen molar-refractivity contribution in [3.05, 3.63) is 18.2 Å². The van der Waals surface area contributed by atoms with E-state index >= 15 is 0 Å². The maximum absolute atomic E-state index is 11.6. The van der Waals surface area contributed by atoms with Crippen molar-refractivity contribution in [2.24, 2.45) is 5.73 Å². The van der Waals surface area contributed by atoms with Crippen molar-refractivity contribution in [2.45, 2.75) is 30.9 Å². The molecule has 0 bridgehead atoms. The van der Waals surface area contributed by atoms with E-state index in [4.69, 9.17) is 24.7 Å². The number of benzene rings is 1. The highest BCUT2D eigenvalue weighted by Gasteiger charge is 2.44. The van der Waals surface area contributed by atoms with Crippen molar-refractivity contribution < 1.29 is 23.7 Å². The van der Waals surface area contributed by atoms with Crippen LogP contribution in [0.4, 0.5) is 0 Å². The van der Waals surface area contributed by atoms with Gasteiger partial charge in [0.2, 0.25) is 6.79 Å². The molecule has 2 atom stereocenters. The van der Waals surface area contributed by atoms with Crippen LogP contribution < -0.4 is 19.9 Å². The van der Waals surface area contributed by atoms with Crippen LogP contribution in [0.2, 0.25) is 0 Å². The zero-order valence-electron chi connectivity index (χ0n) is 11.3. The average Bonchev–Trinajstić information content (AvgIpc) is 3.05. The van der Waals surface area contributed by atoms with Crippen LogP contribution in [-0.4, -0.2) is 31.5 Å². The summed E-state index contributed by atoms with van der Waals surface area (Å²) in [5.74, 6) is 1.70. The van der Waals surface area contributed by atoms with Crippen molar-refractivity contribution in [1.82, 2.24) is 0 Å². The lowest BCUT2D eigenvalue weighted by atomic mass is 10.00. The Morgan fingerprint density at radius 3 is 3.00 bits per heavy atom. The lowest BCUT2D eigenvalue weighted by Gasteiger charge is -2.20. The maximum Gasteiger partial charge on any atom is 0.325 e. The number of hydrogen-bond donors (Lipinski definition) is 1. The first-order chi connectivity index (χ1) is 9.60. The quantitative estimate of drug-likeness (QED) is 0.838. The molecule has 2 unspecified atom stereocenters. The number of carbonyl (C=O) groups excluding carboxylic acids is 1. The summed E-state index contributed by atoms with van der Waals surface area (Å²) in [5, 5.41) is 0. The molecule has 1 aromatic rings. The van der Waals surface area contributed by atoms with Gasteiger partial charge >= 0.3 is 5.97 Å². The summed E-state index contributed by atoms with van der Waals surface area (Å²) in [4.78, 5) is 11.6. The molecule has 0 amide bonds. The van der Waals surface area contributed by atoms with E-state index in [0.29, 0.717) is 30.1 Å². The molecule has 1 fully saturated rings. The standard InChI is InChI=1S/C14H17NO5/c1-17-13(16)14(15)5-4-10(7-14)20-9-2-3-11-12(6-9)19-8-18-11/h2-3,6,10H,4-5,7-8,15H2,1H3. The van der Waals surface area contributed by atoms with E-state index in [0.717, 1.165) is 6.42 Å². The Bertz CT molecular complexity index is 532. The Kier molecular flexibility index (Phi) is 3.17. The third kappa shape index (κ3) is 2.27. The van der Waals surface area contributed by atoms with Gasteiger partial charge < -0.3 is 24.7 Å². The van der Waals surface area contributed by atoms with E-state index in [1.807, 2.05) is 12.1 Å². The third-order valence-electron chi connectivity index (χ3n) is 3.74. The Hall–Kier alpha value is -1.95. The van der Waals surface area contributed by atoms with Crippen LogP contribution in [-0.2, 0) is 9.53 Å². The first-order valence-corrected chi connectivity index (χ1v) is 6.54. The van der Waals surface area contributed by atoms with Gasteiger partial charge in [-0.05, 0) is 25.0 Å². The summed E-state index contributed by atoms with van der Waals surface area (Å²) in [6.45, 7) is 0.233. The number of hydrogen-bond acceptors (Lipinski definition) is 6. The van der Waals surface area contributed by atoms with E-state index in [2.05, 4.69) is 0 Å². The van der Waals surface area contributed by atoms with Crippen LogP contribution in [0.3, 0.4) is 0 Å². The van der Waals surface area contributed by atoms with Crippen molar-refractivity contribution in [3.8, 4) is 17.2 Å². The Balaban J connectivity index is 1.66. The summed E-state index contributed by atoms with van der Waals surface area (Å²) in [6.07, 6.45) is 1.64. The Morgan fingerprint density at radius 1 is 1.40 bits per heavy atom. The van der Waals surface area contributed by atoms with Gasteiger partial charge in [0.25, 0.3) is 0 Å². The lowest BCUT2D eigenvalue weighted by Crippen LogP contribution is -2.47. The highest BCUT2D eigenvalue weighted by atomic mass is 16.7. The van der Waals surface area contributed by atoms with Crippen molar-refractivity contribution in [3.63, 3.8) is 0 Å². The molecular weight excluding hydrogens is 262 g/mol. The summed E-state index contributed by atoms with van der Waals surface area (Å²) in [5.41, 5.74) is 5.11. The minimum Gasteiger partial charge on any atom is -0.490 e. The minimum atomic E-state index is -0.935. The van der Waals surface area contributed by atoms with Gasteiger partial charge in [-0.15, -0.1) is 0 Å². The second kappa shape index (κ2) is 4.86. The van der Waals surface area contributed by atoms with E-state index in [9.17, 15) is 4.79 Å². The fraction of sp³-hybridized carbons (Fsp3) is 0.500. The molecule has 1 aliphatic heterocycles. The molecule has 20 heavy (non-hydrogen) atoms. The molecule has 0 radical (unpaired) electrons. The molecule has 3 rings (SSSR count). The van der Waals surface area contributed by atoms with Crippen LogP contribution in [0.5, 0.6) is 17.2 Å². The minimum absolute atomic E-state index is 0.0977. The van der Waals surface area contributed by atoms with E-state index in [1.54, 1.807) is 6.07 Å². The molecule has 2 aliphatic rings. The fourth-order valence-electron chi connectivity index (χ4n) is 2.66. The fourth-order valence-corrected chi connectivity index (χ4v) is 2.66. The van der Waals surface area contributed by atoms with Crippen LogP contribution in [0.1, 0.15) is 19.3 Å². The summed E-state index contributed by atoms with van der Waals surface area (Å²) < 4.78 is 21.2. The first kappa shape index (κ1) is 13.1. The highest BCUT2D eigenvalue weighted by molar-refractivity contribution is 5.80. The number of methoxy groups -OCH3 is 1. The van der Waals surface area contributed by atoms with Crippen molar-refractivity contribution >= 4 is 5.97 Å². The summed E-state index contributed by atoms with van der Waals surface area (Å²) >= 11 is 0. The maximum atomic E-state index is 11.6. The Labute approximate surface area is 116 Å². The molecule has 0 aromatic heterocycles. The number of nitrogens with two attached hydrogens (primary N) is 1. The zero-order valence-corrected chi connectivity index (χ0v) is 11.3. The largest absolute Gasteiger partial charge is 0.490 e. The first-order valence-electron chi connectivity index (χ1n) is 6.54. The van der Waals surface area contributed by atoms with Crippen LogP contribution in [0.25, 0.3) is 0 Å². The Morgan fingerprint density at radius 2 is 2.20 bits per heavy atom. The molecule has 6 nitrogen and oxygen atoms in total. The number of fused-ring (bicyclic) bond motifs is 1. The van der Waals surface area contributed by atoms with E-state index < -0.39 is 5.54 Å². The molecular formula is C14H17NO5. The van der Waals surface area contributed by atoms with Gasteiger partial charge in [-0.25, -0.2) is 0 Å². The number of rotatable bonds is 3. The molecule has 6 heteroatoms. The predicted molar refractivity (Wildman–Crippen MR) is 69.8 cm³/mol. The van der Waals surface area contributed by atoms with E-state index in [-0.39, 0.29) is 18.9 Å². The van der Waals surface area contributed by atoms with Gasteiger partial charge in [0, 0.05) is 12.5 Å². The second-order valence-corrected chi connectivity index (χ2v) is 5.15. The number of carbonyl (C=O) groups is 1. The van der Waals surface area contributed by atoms with Gasteiger partial charge in [-0.2, -0.15) is 0 Å². The molecule has 0 spiro atoms. The average molecular weight is 279 g/mol. The van der Waals surface area contributed by atoms with Gasteiger partial charge in [-0.1, -0.05) is 0 Å². The summed E-state index contributed by atoms with van der Waals surface area (Å²) in [6, 6.07) is 5.42. The van der Waals surface area contributed by atoms with Crippen molar-refractivity contribution in [1.29, 1.82) is 0 Å². The summed E-state index contributed by atoms with van der Waals surface area (Å²) in [7, 11) is 1.35. The molecule has 1 saturated carbocycles. The number of esters is 1. The van der Waals surface area contributed by atoms with E-state index in [1.165, 1.54) is 7.11 Å².